The van der Waals surface area contributed by atoms with Crippen LogP contribution in [-0.2, 0) is 0 Å². The van der Waals surface area contributed by atoms with Crippen molar-refractivity contribution < 1.29 is 14.3 Å². The summed E-state index contributed by atoms with van der Waals surface area (Å²) in [4.78, 5) is 18.1. The van der Waals surface area contributed by atoms with Gasteiger partial charge < -0.3 is 19.9 Å². The summed E-state index contributed by atoms with van der Waals surface area (Å²) in [5, 5.41) is 13.4. The maximum atomic E-state index is 14.1. The number of rotatable bonds is 5. The van der Waals surface area contributed by atoms with Crippen molar-refractivity contribution in [2.45, 2.75) is 19.0 Å². The second kappa shape index (κ2) is 8.72. The average Bonchev–Trinajstić information content (AvgIpc) is 3.46. The molecule has 0 radical (unpaired) electrons. The van der Waals surface area contributed by atoms with Crippen molar-refractivity contribution >= 4 is 29.0 Å². The van der Waals surface area contributed by atoms with Crippen molar-refractivity contribution in [2.75, 3.05) is 4.90 Å². The van der Waals surface area contributed by atoms with Crippen LogP contribution in [0.15, 0.2) is 85.2 Å². The van der Waals surface area contributed by atoms with E-state index in [-0.39, 0.29) is 23.5 Å². The van der Waals surface area contributed by atoms with Gasteiger partial charge in [0.25, 0.3) is 0 Å². The largest absolute Gasteiger partial charge is 0.478 e. The number of benzene rings is 2. The molecule has 0 saturated carbocycles. The van der Waals surface area contributed by atoms with Crippen molar-refractivity contribution in [2.24, 2.45) is 0 Å². The Hall–Kier alpha value is -4.04. The van der Waals surface area contributed by atoms with Crippen LogP contribution in [0, 0.1) is 12.7 Å². The fraction of sp³-hybridized carbons (Fsp3) is 0.115. The van der Waals surface area contributed by atoms with E-state index in [0.717, 1.165) is 17.1 Å². The van der Waals surface area contributed by atoms with Gasteiger partial charge in [0.2, 0.25) is 0 Å². The Morgan fingerprint density at radius 1 is 1.06 bits per heavy atom. The predicted molar refractivity (Wildman–Crippen MR) is 132 cm³/mol. The van der Waals surface area contributed by atoms with Crippen LogP contribution in [0.4, 0.5) is 10.1 Å². The number of hydrogen-bond acceptors (Lipinski definition) is 3. The third kappa shape index (κ3) is 3.82. The molecule has 2 N–H and O–H groups in total. The molecular formula is C26H21FN4O2S. The third-order valence-electron chi connectivity index (χ3n) is 5.97. The molecule has 5 rings (SSSR count). The molecule has 2 aromatic carbocycles. The third-order valence-corrected chi connectivity index (χ3v) is 6.29. The highest BCUT2D eigenvalue weighted by molar-refractivity contribution is 7.80. The molecule has 2 atom stereocenters. The average molecular weight is 473 g/mol. The van der Waals surface area contributed by atoms with Crippen LogP contribution in [0.1, 0.15) is 39.4 Å². The molecule has 170 valence electrons. The number of nitrogens with zero attached hydrogens (tertiary/aromatic N) is 3. The summed E-state index contributed by atoms with van der Waals surface area (Å²) in [5.41, 5.74) is 3.88. The molecule has 0 amide bonds. The zero-order chi connectivity index (χ0) is 23.8. The Bertz CT molecular complexity index is 1390. The van der Waals surface area contributed by atoms with Gasteiger partial charge >= 0.3 is 5.97 Å². The van der Waals surface area contributed by atoms with Crippen molar-refractivity contribution in [3.8, 4) is 5.69 Å². The van der Waals surface area contributed by atoms with E-state index in [1.54, 1.807) is 43.5 Å². The quantitative estimate of drug-likeness (QED) is 0.390. The smallest absolute Gasteiger partial charge is 0.335 e. The number of nitrogens with one attached hydrogen (secondary N) is 1. The predicted octanol–water partition coefficient (Wildman–Crippen LogP) is 5.20. The Morgan fingerprint density at radius 2 is 1.91 bits per heavy atom. The Balaban J connectivity index is 1.67. The van der Waals surface area contributed by atoms with Crippen molar-refractivity contribution in [1.29, 1.82) is 0 Å². The zero-order valence-corrected chi connectivity index (χ0v) is 19.0. The van der Waals surface area contributed by atoms with Crippen LogP contribution in [0.3, 0.4) is 0 Å². The molecule has 4 aromatic rings. The molecule has 0 bridgehead atoms. The summed E-state index contributed by atoms with van der Waals surface area (Å²) in [6.45, 7) is 1.72. The molecule has 1 fully saturated rings. The number of aromatic carboxylic acids is 1. The number of pyridine rings is 1. The van der Waals surface area contributed by atoms with E-state index in [2.05, 4.69) is 10.3 Å². The van der Waals surface area contributed by atoms with E-state index < -0.39 is 5.97 Å². The lowest BCUT2D eigenvalue weighted by Crippen LogP contribution is -2.30. The number of halogens is 1. The molecular weight excluding hydrogens is 451 g/mol. The highest BCUT2D eigenvalue weighted by Gasteiger charge is 2.42. The van der Waals surface area contributed by atoms with Crippen LogP contribution in [-0.4, -0.2) is 25.7 Å². The van der Waals surface area contributed by atoms with Crippen molar-refractivity contribution in [3.63, 3.8) is 0 Å². The van der Waals surface area contributed by atoms with E-state index in [0.29, 0.717) is 16.4 Å². The lowest BCUT2D eigenvalue weighted by atomic mass is 10.0. The van der Waals surface area contributed by atoms with E-state index in [1.165, 1.54) is 6.07 Å². The second-order valence-electron chi connectivity index (χ2n) is 8.09. The summed E-state index contributed by atoms with van der Waals surface area (Å²) in [7, 11) is 0. The fourth-order valence-electron chi connectivity index (χ4n) is 4.37. The van der Waals surface area contributed by atoms with E-state index in [4.69, 9.17) is 12.2 Å². The standard InChI is InChI=1S/C26H21FN4O2S/c1-16-14-19(10-11-20(16)27)31-24(23(29-26(31)34)21-8-2-3-12-28-21)22-9-5-13-30(22)18-7-4-6-17(15-18)25(32)33/h2-15,23-24H,1H3,(H,29,34)(H,32,33). The first-order valence-corrected chi connectivity index (χ1v) is 11.1. The first-order chi connectivity index (χ1) is 16.4. The van der Waals surface area contributed by atoms with Crippen LogP contribution in [0.25, 0.3) is 5.69 Å². The van der Waals surface area contributed by atoms with Crippen molar-refractivity contribution in [1.82, 2.24) is 14.9 Å². The zero-order valence-electron chi connectivity index (χ0n) is 18.2. The maximum absolute atomic E-state index is 14.1. The van der Waals surface area contributed by atoms with Crippen LogP contribution in [0.5, 0.6) is 0 Å². The minimum Gasteiger partial charge on any atom is -0.478 e. The van der Waals surface area contributed by atoms with Gasteiger partial charge in [-0.2, -0.15) is 0 Å². The van der Waals surface area contributed by atoms with E-state index in [9.17, 15) is 14.3 Å². The van der Waals surface area contributed by atoms with E-state index in [1.807, 2.05) is 52.1 Å². The lowest BCUT2D eigenvalue weighted by molar-refractivity contribution is 0.0697. The summed E-state index contributed by atoms with van der Waals surface area (Å²) >= 11 is 5.75. The van der Waals surface area contributed by atoms with Gasteiger partial charge in [0.05, 0.1) is 17.3 Å². The van der Waals surface area contributed by atoms with Gasteiger partial charge in [-0.25, -0.2) is 9.18 Å². The minimum atomic E-state index is -0.992. The van der Waals surface area contributed by atoms with Gasteiger partial charge in [-0.1, -0.05) is 12.1 Å². The molecule has 0 aliphatic carbocycles. The number of aromatic nitrogens is 2. The van der Waals surface area contributed by atoms with Gasteiger partial charge in [-0.15, -0.1) is 0 Å². The van der Waals surface area contributed by atoms with Gasteiger partial charge in [0.1, 0.15) is 11.9 Å². The Morgan fingerprint density at radius 3 is 2.65 bits per heavy atom. The lowest BCUT2D eigenvalue weighted by Gasteiger charge is -2.29. The fourth-order valence-corrected chi connectivity index (χ4v) is 4.72. The number of aryl methyl sites for hydroxylation is 1. The van der Waals surface area contributed by atoms with Crippen LogP contribution < -0.4 is 10.2 Å². The minimum absolute atomic E-state index is 0.199. The molecule has 0 spiro atoms. The first-order valence-electron chi connectivity index (χ1n) is 10.7. The molecule has 2 unspecified atom stereocenters. The highest BCUT2D eigenvalue weighted by atomic mass is 32.1. The molecule has 8 heteroatoms. The molecule has 1 aliphatic heterocycles. The van der Waals surface area contributed by atoms with Gasteiger partial charge in [-0.05, 0) is 85.4 Å². The topological polar surface area (TPSA) is 70.4 Å². The maximum Gasteiger partial charge on any atom is 0.335 e. The molecule has 1 aliphatic rings. The number of anilines is 1. The normalized spacial score (nSPS) is 17.6. The second-order valence-corrected chi connectivity index (χ2v) is 8.48. The van der Waals surface area contributed by atoms with E-state index >= 15 is 0 Å². The number of carbonyl (C=O) groups is 1. The Kier molecular flexibility index (Phi) is 5.59. The molecule has 2 aromatic heterocycles. The summed E-state index contributed by atoms with van der Waals surface area (Å²) in [5.74, 6) is -1.28. The van der Waals surface area contributed by atoms with Crippen molar-refractivity contribution in [3.05, 3.63) is 114 Å². The summed E-state index contributed by atoms with van der Waals surface area (Å²) in [6.07, 6.45) is 3.62. The SMILES string of the molecule is Cc1cc(N2C(=S)NC(c3ccccn3)C2c2cccn2-c2cccc(C(=O)O)c2)ccc1F. The Labute approximate surface area is 201 Å². The summed E-state index contributed by atoms with van der Waals surface area (Å²) < 4.78 is 16.0. The molecule has 3 heterocycles. The monoisotopic (exact) mass is 472 g/mol. The molecule has 1 saturated heterocycles. The van der Waals surface area contributed by atoms with Gasteiger partial charge in [0.15, 0.2) is 5.11 Å². The highest BCUT2D eigenvalue weighted by Crippen LogP contribution is 2.42. The summed E-state index contributed by atoms with van der Waals surface area (Å²) in [6, 6.07) is 20.7. The molecule has 34 heavy (non-hydrogen) atoms. The molecule has 6 nitrogen and oxygen atoms in total. The number of thiocarbonyl (C=S) groups is 1. The number of hydrogen-bond donors (Lipinski definition) is 2. The van der Waals surface area contributed by atoms with Crippen LogP contribution in [0.2, 0.25) is 0 Å². The number of carboxylic acids is 1. The number of carboxylic acid groups (broad SMARTS) is 1. The van der Waals surface area contributed by atoms with Gasteiger partial charge in [0, 0.05) is 29.5 Å². The van der Waals surface area contributed by atoms with Crippen LogP contribution >= 0.6 is 12.2 Å². The van der Waals surface area contributed by atoms with Gasteiger partial charge in [-0.3, -0.25) is 4.98 Å². The first kappa shape index (κ1) is 21.8.